The fourth-order valence-corrected chi connectivity index (χ4v) is 5.47. The van der Waals surface area contributed by atoms with Crippen LogP contribution in [0.15, 0.2) is 35.2 Å². The maximum atomic E-state index is 13.3. The van der Waals surface area contributed by atoms with Gasteiger partial charge in [-0.3, -0.25) is 4.90 Å². The van der Waals surface area contributed by atoms with E-state index in [0.29, 0.717) is 32.7 Å². The van der Waals surface area contributed by atoms with Crippen molar-refractivity contribution in [3.8, 4) is 0 Å². The largest absolute Gasteiger partial charge is 0.296 e. The molecule has 0 saturated carbocycles. The second-order valence-electron chi connectivity index (χ2n) is 6.13. The molecule has 0 amide bonds. The number of sulfonamides is 1. The van der Waals surface area contributed by atoms with Gasteiger partial charge in [-0.15, -0.1) is 0 Å². The minimum absolute atomic E-state index is 0.0350. The number of nitrogens with zero attached hydrogens (tertiary/aromatic N) is 2. The van der Waals surface area contributed by atoms with Gasteiger partial charge in [-0.25, -0.2) is 12.8 Å². The average Bonchev–Trinajstić information content (AvgIpc) is 2.61. The Hall–Kier alpha value is -0.600. The molecule has 2 aromatic rings. The molecule has 4 nitrogen and oxygen atoms in total. The molecule has 2 aromatic carbocycles. The van der Waals surface area contributed by atoms with Crippen LogP contribution in [-0.2, 0) is 16.6 Å². The molecule has 1 aliphatic heterocycles. The maximum absolute atomic E-state index is 13.3. The first-order valence-electron chi connectivity index (χ1n) is 7.99. The van der Waals surface area contributed by atoms with Crippen LogP contribution >= 0.6 is 46.4 Å². The van der Waals surface area contributed by atoms with Gasteiger partial charge in [0, 0.05) is 32.7 Å². The zero-order valence-electron chi connectivity index (χ0n) is 13.9. The second kappa shape index (κ2) is 8.41. The highest BCUT2D eigenvalue weighted by atomic mass is 35.5. The Kier molecular flexibility index (Phi) is 6.58. The molecular weight excluding hydrogens is 457 g/mol. The molecule has 1 heterocycles. The summed E-state index contributed by atoms with van der Waals surface area (Å²) in [7, 11) is -3.78. The van der Waals surface area contributed by atoms with Crippen LogP contribution in [0.1, 0.15) is 5.56 Å². The van der Waals surface area contributed by atoms with E-state index in [4.69, 9.17) is 46.4 Å². The highest BCUT2D eigenvalue weighted by Crippen LogP contribution is 2.33. The summed E-state index contributed by atoms with van der Waals surface area (Å²) >= 11 is 23.7. The Morgan fingerprint density at radius 3 is 2.11 bits per heavy atom. The highest BCUT2D eigenvalue weighted by molar-refractivity contribution is 7.89. The molecule has 1 fully saturated rings. The monoisotopic (exact) mass is 470 g/mol. The number of hydrogen-bond acceptors (Lipinski definition) is 3. The van der Waals surface area contributed by atoms with E-state index < -0.39 is 15.8 Å². The third kappa shape index (κ3) is 4.70. The van der Waals surface area contributed by atoms with Gasteiger partial charge in [0.25, 0.3) is 0 Å². The van der Waals surface area contributed by atoms with Crippen molar-refractivity contribution in [3.63, 3.8) is 0 Å². The van der Waals surface area contributed by atoms with Crippen LogP contribution in [0.3, 0.4) is 0 Å². The average molecular weight is 472 g/mol. The van der Waals surface area contributed by atoms with Gasteiger partial charge >= 0.3 is 0 Å². The Morgan fingerprint density at radius 1 is 0.852 bits per heavy atom. The molecule has 1 saturated heterocycles. The molecule has 0 radical (unpaired) electrons. The van der Waals surface area contributed by atoms with Gasteiger partial charge in [-0.2, -0.15) is 4.31 Å². The molecule has 0 aromatic heterocycles. The Balaban J connectivity index is 1.69. The van der Waals surface area contributed by atoms with Crippen molar-refractivity contribution in [2.75, 3.05) is 26.2 Å². The number of benzene rings is 2. The smallest absolute Gasteiger partial charge is 0.244 e. The van der Waals surface area contributed by atoms with Gasteiger partial charge in [-0.1, -0.05) is 52.5 Å². The van der Waals surface area contributed by atoms with E-state index >= 15 is 0 Å². The van der Waals surface area contributed by atoms with Gasteiger partial charge in [0.1, 0.15) is 10.7 Å². The van der Waals surface area contributed by atoms with E-state index in [1.54, 1.807) is 12.1 Å². The summed E-state index contributed by atoms with van der Waals surface area (Å²) in [5, 5.41) is 0.436. The lowest BCUT2D eigenvalue weighted by atomic mass is 10.2. The van der Waals surface area contributed by atoms with Crippen LogP contribution in [0.4, 0.5) is 4.39 Å². The standard InChI is InChI=1S/C17H15Cl4FN2O2S/c18-12-8-15(21)17(9-13(12)19)27(25,26)24-5-3-23(4-6-24)10-11-1-2-16(22)14(20)7-11/h1-2,7-9H,3-6,10H2. The van der Waals surface area contributed by atoms with Crippen LogP contribution < -0.4 is 0 Å². The van der Waals surface area contributed by atoms with Crippen molar-refractivity contribution < 1.29 is 12.8 Å². The predicted octanol–water partition coefficient (Wildman–Crippen LogP) is 4.95. The first-order valence-corrected chi connectivity index (χ1v) is 10.9. The Labute approximate surface area is 177 Å². The summed E-state index contributed by atoms with van der Waals surface area (Å²) in [6, 6.07) is 7.17. The van der Waals surface area contributed by atoms with Crippen molar-refractivity contribution in [2.24, 2.45) is 0 Å². The zero-order chi connectivity index (χ0) is 19.8. The summed E-state index contributed by atoms with van der Waals surface area (Å²) in [5.41, 5.74) is 0.866. The van der Waals surface area contributed by atoms with E-state index in [2.05, 4.69) is 4.90 Å². The fourth-order valence-electron chi connectivity index (χ4n) is 2.87. The Morgan fingerprint density at radius 2 is 1.48 bits per heavy atom. The zero-order valence-corrected chi connectivity index (χ0v) is 17.8. The fraction of sp³-hybridized carbons (Fsp3) is 0.294. The summed E-state index contributed by atoms with van der Waals surface area (Å²) in [4.78, 5) is 2.02. The molecular formula is C17H15Cl4FN2O2S. The third-order valence-electron chi connectivity index (χ3n) is 4.31. The quantitative estimate of drug-likeness (QED) is 0.592. The minimum Gasteiger partial charge on any atom is -0.296 e. The van der Waals surface area contributed by atoms with E-state index in [0.717, 1.165) is 5.56 Å². The van der Waals surface area contributed by atoms with E-state index in [9.17, 15) is 12.8 Å². The van der Waals surface area contributed by atoms with Gasteiger partial charge in [0.2, 0.25) is 10.0 Å². The first-order chi connectivity index (χ1) is 12.7. The van der Waals surface area contributed by atoms with Crippen LogP contribution in [0.25, 0.3) is 0 Å². The molecule has 0 N–H and O–H groups in total. The van der Waals surface area contributed by atoms with Crippen LogP contribution in [0, 0.1) is 5.82 Å². The third-order valence-corrected chi connectivity index (χ3v) is 7.69. The molecule has 146 valence electrons. The topological polar surface area (TPSA) is 40.6 Å². The van der Waals surface area contributed by atoms with Gasteiger partial charge in [0.05, 0.1) is 20.1 Å². The molecule has 0 aliphatic carbocycles. The number of piperazine rings is 1. The lowest BCUT2D eigenvalue weighted by Gasteiger charge is -2.34. The molecule has 10 heteroatoms. The van der Waals surface area contributed by atoms with Crippen molar-refractivity contribution in [2.45, 2.75) is 11.4 Å². The van der Waals surface area contributed by atoms with Gasteiger partial charge in [0.15, 0.2) is 0 Å². The molecule has 27 heavy (non-hydrogen) atoms. The molecule has 0 spiro atoms. The number of rotatable bonds is 4. The van der Waals surface area contributed by atoms with Crippen molar-refractivity contribution in [3.05, 3.63) is 61.8 Å². The normalized spacial score (nSPS) is 16.6. The summed E-state index contributed by atoms with van der Waals surface area (Å²) < 4.78 is 40.4. The summed E-state index contributed by atoms with van der Waals surface area (Å²) in [5.74, 6) is -0.463. The number of hydrogen-bond donors (Lipinski definition) is 0. The maximum Gasteiger partial charge on any atom is 0.244 e. The first kappa shape index (κ1) is 21.1. The predicted molar refractivity (Wildman–Crippen MR) is 107 cm³/mol. The van der Waals surface area contributed by atoms with Crippen LogP contribution in [0.2, 0.25) is 20.1 Å². The highest BCUT2D eigenvalue weighted by Gasteiger charge is 2.30. The molecule has 0 unspecified atom stereocenters. The second-order valence-corrected chi connectivity index (χ2v) is 9.66. The van der Waals surface area contributed by atoms with Crippen molar-refractivity contribution in [1.29, 1.82) is 0 Å². The van der Waals surface area contributed by atoms with E-state index in [-0.39, 0.29) is 25.0 Å². The molecule has 0 atom stereocenters. The lowest BCUT2D eigenvalue weighted by Crippen LogP contribution is -2.48. The van der Waals surface area contributed by atoms with Crippen molar-refractivity contribution in [1.82, 2.24) is 9.21 Å². The summed E-state index contributed by atoms with van der Waals surface area (Å²) in [6.07, 6.45) is 0. The summed E-state index contributed by atoms with van der Waals surface area (Å²) in [6.45, 7) is 2.20. The van der Waals surface area contributed by atoms with Gasteiger partial charge in [-0.05, 0) is 29.8 Å². The minimum atomic E-state index is -3.78. The molecule has 0 bridgehead atoms. The van der Waals surface area contributed by atoms with E-state index in [1.165, 1.54) is 22.5 Å². The van der Waals surface area contributed by atoms with Crippen molar-refractivity contribution >= 4 is 56.4 Å². The molecule has 3 rings (SSSR count). The van der Waals surface area contributed by atoms with Crippen LogP contribution in [-0.4, -0.2) is 43.8 Å². The molecule has 1 aliphatic rings. The number of halogens is 5. The SMILES string of the molecule is O=S(=O)(c1cc(Cl)c(Cl)cc1Cl)N1CCN(Cc2ccc(F)c(Cl)c2)CC1. The lowest BCUT2D eigenvalue weighted by molar-refractivity contribution is 0.181. The van der Waals surface area contributed by atoms with Crippen LogP contribution in [0.5, 0.6) is 0 Å². The van der Waals surface area contributed by atoms with Gasteiger partial charge < -0.3 is 0 Å². The Bertz CT molecular complexity index is 964. The van der Waals surface area contributed by atoms with E-state index in [1.807, 2.05) is 0 Å².